The van der Waals surface area contributed by atoms with Crippen molar-refractivity contribution in [3.8, 4) is 0 Å². The van der Waals surface area contributed by atoms with Crippen LogP contribution in [0, 0.1) is 0 Å². The Hall–Kier alpha value is -1.72. The minimum absolute atomic E-state index is 0.171. The highest BCUT2D eigenvalue weighted by atomic mass is 16.7. The Balaban J connectivity index is 2.77. The summed E-state index contributed by atoms with van der Waals surface area (Å²) in [6, 6.07) is 6.81. The second kappa shape index (κ2) is 8.45. The standard InChI is InChI=1S/C15H20O5/c1-4-18-11(3)20-10-12-8-6-7-9-13(12)14(16)15(17)19-5-2/h6-9,11H,4-5,10H2,1-3H3. The van der Waals surface area contributed by atoms with Gasteiger partial charge in [-0.05, 0) is 26.3 Å². The van der Waals surface area contributed by atoms with E-state index < -0.39 is 11.8 Å². The van der Waals surface area contributed by atoms with Crippen molar-refractivity contribution in [1.29, 1.82) is 0 Å². The Labute approximate surface area is 118 Å². The second-order valence-corrected chi connectivity index (χ2v) is 4.04. The van der Waals surface area contributed by atoms with Crippen molar-refractivity contribution >= 4 is 11.8 Å². The number of rotatable bonds is 8. The van der Waals surface area contributed by atoms with Gasteiger partial charge in [-0.2, -0.15) is 0 Å². The molecule has 0 N–H and O–H groups in total. The van der Waals surface area contributed by atoms with E-state index in [0.29, 0.717) is 17.7 Å². The van der Waals surface area contributed by atoms with Crippen molar-refractivity contribution in [3.05, 3.63) is 35.4 Å². The van der Waals surface area contributed by atoms with Gasteiger partial charge in [-0.1, -0.05) is 24.3 Å². The lowest BCUT2D eigenvalue weighted by atomic mass is 10.0. The molecular formula is C15H20O5. The molecule has 0 spiro atoms. The van der Waals surface area contributed by atoms with Gasteiger partial charge in [-0.15, -0.1) is 0 Å². The first-order valence-corrected chi connectivity index (χ1v) is 6.62. The zero-order chi connectivity index (χ0) is 15.0. The third-order valence-corrected chi connectivity index (χ3v) is 2.60. The normalized spacial score (nSPS) is 11.9. The van der Waals surface area contributed by atoms with E-state index in [1.54, 1.807) is 38.1 Å². The average molecular weight is 280 g/mol. The monoisotopic (exact) mass is 280 g/mol. The van der Waals surface area contributed by atoms with E-state index in [2.05, 4.69) is 0 Å². The molecule has 0 heterocycles. The van der Waals surface area contributed by atoms with E-state index in [-0.39, 0.29) is 19.5 Å². The third kappa shape index (κ3) is 4.75. The van der Waals surface area contributed by atoms with E-state index in [9.17, 15) is 9.59 Å². The van der Waals surface area contributed by atoms with E-state index in [1.165, 1.54) is 0 Å². The van der Waals surface area contributed by atoms with Crippen molar-refractivity contribution < 1.29 is 23.8 Å². The Bertz CT molecular complexity index is 455. The van der Waals surface area contributed by atoms with Crippen molar-refractivity contribution in [2.75, 3.05) is 13.2 Å². The maximum Gasteiger partial charge on any atom is 0.379 e. The Morgan fingerprint density at radius 3 is 2.45 bits per heavy atom. The number of benzene rings is 1. The maximum atomic E-state index is 12.0. The van der Waals surface area contributed by atoms with Crippen molar-refractivity contribution in [2.45, 2.75) is 33.7 Å². The van der Waals surface area contributed by atoms with E-state index in [4.69, 9.17) is 14.2 Å². The van der Waals surface area contributed by atoms with Crippen LogP contribution in [0.4, 0.5) is 0 Å². The molecule has 0 bridgehead atoms. The van der Waals surface area contributed by atoms with Crippen molar-refractivity contribution in [2.24, 2.45) is 0 Å². The molecule has 0 aromatic heterocycles. The molecule has 0 fully saturated rings. The summed E-state index contributed by atoms with van der Waals surface area (Å²) in [5.41, 5.74) is 0.937. The highest BCUT2D eigenvalue weighted by molar-refractivity contribution is 6.41. The zero-order valence-electron chi connectivity index (χ0n) is 12.0. The van der Waals surface area contributed by atoms with E-state index in [1.807, 2.05) is 6.92 Å². The zero-order valence-corrected chi connectivity index (χ0v) is 12.0. The van der Waals surface area contributed by atoms with Gasteiger partial charge in [-0.25, -0.2) is 4.79 Å². The van der Waals surface area contributed by atoms with Gasteiger partial charge in [0.1, 0.15) is 0 Å². The van der Waals surface area contributed by atoms with Gasteiger partial charge in [0.15, 0.2) is 6.29 Å². The number of ether oxygens (including phenoxy) is 3. The van der Waals surface area contributed by atoms with Crippen LogP contribution in [0.25, 0.3) is 0 Å². The van der Waals surface area contributed by atoms with Crippen LogP contribution in [0.5, 0.6) is 0 Å². The van der Waals surface area contributed by atoms with Gasteiger partial charge in [-0.3, -0.25) is 4.79 Å². The molecule has 1 aromatic rings. The molecule has 0 saturated heterocycles. The Morgan fingerprint density at radius 2 is 1.80 bits per heavy atom. The van der Waals surface area contributed by atoms with E-state index >= 15 is 0 Å². The number of carbonyl (C=O) groups excluding carboxylic acids is 2. The molecule has 0 aliphatic rings. The highest BCUT2D eigenvalue weighted by Gasteiger charge is 2.20. The van der Waals surface area contributed by atoms with Gasteiger partial charge in [0.2, 0.25) is 0 Å². The van der Waals surface area contributed by atoms with Gasteiger partial charge in [0.05, 0.1) is 13.2 Å². The van der Waals surface area contributed by atoms with Crippen LogP contribution < -0.4 is 0 Å². The fourth-order valence-corrected chi connectivity index (χ4v) is 1.66. The van der Waals surface area contributed by atoms with Crippen LogP contribution in [0.2, 0.25) is 0 Å². The van der Waals surface area contributed by atoms with Gasteiger partial charge in [0, 0.05) is 12.2 Å². The van der Waals surface area contributed by atoms with Crippen molar-refractivity contribution in [3.63, 3.8) is 0 Å². The first kappa shape index (κ1) is 16.3. The number of carbonyl (C=O) groups is 2. The van der Waals surface area contributed by atoms with Gasteiger partial charge in [0.25, 0.3) is 5.78 Å². The molecule has 1 aromatic carbocycles. The summed E-state index contributed by atoms with van der Waals surface area (Å²) >= 11 is 0. The molecule has 0 radical (unpaired) electrons. The SMILES string of the molecule is CCOC(=O)C(=O)c1ccccc1COC(C)OCC. The molecule has 20 heavy (non-hydrogen) atoms. The summed E-state index contributed by atoms with van der Waals surface area (Å²) in [5.74, 6) is -1.51. The summed E-state index contributed by atoms with van der Waals surface area (Å²) in [5, 5.41) is 0. The Kier molecular flexibility index (Phi) is 6.90. The van der Waals surface area contributed by atoms with Gasteiger partial charge >= 0.3 is 5.97 Å². The molecule has 0 aliphatic heterocycles. The number of ketones is 1. The lowest BCUT2D eigenvalue weighted by molar-refractivity contribution is -0.137. The molecule has 0 amide bonds. The maximum absolute atomic E-state index is 12.0. The lowest BCUT2D eigenvalue weighted by Gasteiger charge is -2.14. The fraction of sp³-hybridized carbons (Fsp3) is 0.467. The van der Waals surface area contributed by atoms with Crippen LogP contribution in [0.1, 0.15) is 36.7 Å². The van der Waals surface area contributed by atoms with E-state index in [0.717, 1.165) is 0 Å². The predicted molar refractivity (Wildman–Crippen MR) is 73.3 cm³/mol. The number of hydrogen-bond donors (Lipinski definition) is 0. The summed E-state index contributed by atoms with van der Waals surface area (Å²) in [4.78, 5) is 23.5. The molecule has 5 heteroatoms. The van der Waals surface area contributed by atoms with Gasteiger partial charge < -0.3 is 14.2 Å². The molecule has 1 atom stereocenters. The number of esters is 1. The van der Waals surface area contributed by atoms with Crippen LogP contribution in [-0.4, -0.2) is 31.3 Å². The Morgan fingerprint density at radius 1 is 1.10 bits per heavy atom. The topological polar surface area (TPSA) is 61.8 Å². The summed E-state index contributed by atoms with van der Waals surface area (Å²) in [7, 11) is 0. The molecule has 0 aliphatic carbocycles. The van der Waals surface area contributed by atoms with Crippen LogP contribution >= 0.6 is 0 Å². The molecular weight excluding hydrogens is 260 g/mol. The smallest absolute Gasteiger partial charge is 0.379 e. The summed E-state index contributed by atoms with van der Waals surface area (Å²) < 4.78 is 15.4. The molecule has 0 saturated carbocycles. The minimum Gasteiger partial charge on any atom is -0.460 e. The largest absolute Gasteiger partial charge is 0.460 e. The van der Waals surface area contributed by atoms with Crippen LogP contribution in [0.3, 0.4) is 0 Å². The van der Waals surface area contributed by atoms with Crippen LogP contribution in [-0.2, 0) is 25.6 Å². The molecule has 110 valence electrons. The first-order chi connectivity index (χ1) is 9.60. The van der Waals surface area contributed by atoms with Crippen molar-refractivity contribution in [1.82, 2.24) is 0 Å². The van der Waals surface area contributed by atoms with Crippen LogP contribution in [0.15, 0.2) is 24.3 Å². The fourth-order valence-electron chi connectivity index (χ4n) is 1.66. The molecule has 1 rings (SSSR count). The second-order valence-electron chi connectivity index (χ2n) is 4.04. The summed E-state index contributed by atoms with van der Waals surface area (Å²) in [6.45, 7) is 6.22. The molecule has 1 unspecified atom stereocenters. The predicted octanol–water partition coefficient (Wildman–Crippen LogP) is 2.33. The lowest BCUT2D eigenvalue weighted by Crippen LogP contribution is -2.20. The third-order valence-electron chi connectivity index (χ3n) is 2.60. The number of Topliss-reactive ketones (excluding diaryl/α,β-unsaturated/α-hetero) is 1. The number of hydrogen-bond acceptors (Lipinski definition) is 5. The quantitative estimate of drug-likeness (QED) is 0.316. The molecule has 5 nitrogen and oxygen atoms in total. The average Bonchev–Trinajstić information content (AvgIpc) is 2.45. The summed E-state index contributed by atoms with van der Waals surface area (Å²) in [6.07, 6.45) is -0.370. The highest BCUT2D eigenvalue weighted by Crippen LogP contribution is 2.13. The minimum atomic E-state index is -0.849. The first-order valence-electron chi connectivity index (χ1n) is 6.62.